The Morgan fingerprint density at radius 3 is 2.00 bits per heavy atom. The standard InChI is InChI=1S/C14H14O2S/c1-6-5-10(17)9(4)12-11(6)13(15)7(2)8(3)14(12)16/h5,15-17H,1,4H2,2-3H3. The molecule has 0 radical (unpaired) electrons. The molecule has 0 saturated heterocycles. The molecule has 2 nitrogen and oxygen atoms in total. The van der Waals surface area contributed by atoms with Gasteiger partial charge in [-0.2, -0.15) is 0 Å². The summed E-state index contributed by atoms with van der Waals surface area (Å²) in [5.74, 6) is 0.291. The molecule has 0 unspecified atom stereocenters. The van der Waals surface area contributed by atoms with E-state index in [1.54, 1.807) is 19.9 Å². The Labute approximate surface area is 105 Å². The second-order valence-electron chi connectivity index (χ2n) is 4.23. The van der Waals surface area contributed by atoms with Gasteiger partial charge in [0.25, 0.3) is 0 Å². The molecule has 0 aromatic heterocycles. The van der Waals surface area contributed by atoms with Gasteiger partial charge in [0.2, 0.25) is 0 Å². The predicted molar refractivity (Wildman–Crippen MR) is 74.3 cm³/mol. The van der Waals surface area contributed by atoms with E-state index < -0.39 is 0 Å². The number of hydrogen-bond donors (Lipinski definition) is 3. The Hall–Kier alpha value is -1.61. The van der Waals surface area contributed by atoms with Crippen molar-refractivity contribution in [3.63, 3.8) is 0 Å². The van der Waals surface area contributed by atoms with E-state index in [1.165, 1.54) is 0 Å². The fourth-order valence-electron chi connectivity index (χ4n) is 2.03. The number of thiol groups is 1. The molecule has 0 spiro atoms. The summed E-state index contributed by atoms with van der Waals surface area (Å²) in [6.45, 7) is 11.3. The van der Waals surface area contributed by atoms with E-state index in [0.717, 1.165) is 0 Å². The molecule has 0 heterocycles. The highest BCUT2D eigenvalue weighted by Crippen LogP contribution is 2.35. The molecule has 3 heteroatoms. The molecule has 0 atom stereocenters. The first kappa shape index (κ1) is 11.9. The molecule has 0 bridgehead atoms. The molecule has 88 valence electrons. The van der Waals surface area contributed by atoms with E-state index in [4.69, 9.17) is 0 Å². The van der Waals surface area contributed by atoms with E-state index in [1.807, 2.05) is 0 Å². The van der Waals surface area contributed by atoms with Gasteiger partial charge in [-0.1, -0.05) is 13.2 Å². The van der Waals surface area contributed by atoms with Crippen LogP contribution in [-0.4, -0.2) is 10.2 Å². The number of benzene rings is 2. The van der Waals surface area contributed by atoms with Gasteiger partial charge in [0, 0.05) is 15.7 Å². The maximum Gasteiger partial charge on any atom is 0.127 e. The molecule has 2 aromatic carbocycles. The Kier molecular flexibility index (Phi) is 2.59. The number of hydrogen-bond acceptors (Lipinski definition) is 3. The van der Waals surface area contributed by atoms with Crippen LogP contribution >= 0.6 is 12.6 Å². The van der Waals surface area contributed by atoms with E-state index in [0.29, 0.717) is 37.2 Å². The predicted octanol–water partition coefficient (Wildman–Crippen LogP) is 1.98. The lowest BCUT2D eigenvalue weighted by molar-refractivity contribution is 0.462. The molecule has 0 aliphatic carbocycles. The Balaban J connectivity index is 3.29. The summed E-state index contributed by atoms with van der Waals surface area (Å²) in [4.78, 5) is 0.653. The maximum absolute atomic E-state index is 10.2. The third kappa shape index (κ3) is 1.50. The van der Waals surface area contributed by atoms with Crippen molar-refractivity contribution in [2.45, 2.75) is 18.7 Å². The molecule has 0 amide bonds. The zero-order valence-corrected chi connectivity index (χ0v) is 10.7. The maximum atomic E-state index is 10.2. The van der Waals surface area contributed by atoms with Crippen molar-refractivity contribution in [2.75, 3.05) is 0 Å². The highest BCUT2D eigenvalue weighted by molar-refractivity contribution is 7.80. The largest absolute Gasteiger partial charge is 0.507 e. The molecule has 2 aromatic rings. The van der Waals surface area contributed by atoms with Gasteiger partial charge in [-0.05, 0) is 41.5 Å². The van der Waals surface area contributed by atoms with E-state index in [-0.39, 0.29) is 11.5 Å². The van der Waals surface area contributed by atoms with Crippen molar-refractivity contribution in [2.24, 2.45) is 0 Å². The van der Waals surface area contributed by atoms with Crippen LogP contribution in [0.3, 0.4) is 0 Å². The molecular weight excluding hydrogens is 232 g/mol. The summed E-state index contributed by atoms with van der Waals surface area (Å²) in [7, 11) is 0. The van der Waals surface area contributed by atoms with Crippen molar-refractivity contribution >= 4 is 36.6 Å². The fraction of sp³-hybridized carbons (Fsp3) is 0.143. The molecule has 17 heavy (non-hydrogen) atoms. The summed E-state index contributed by atoms with van der Waals surface area (Å²) >= 11 is 4.29. The highest BCUT2D eigenvalue weighted by atomic mass is 32.1. The van der Waals surface area contributed by atoms with Gasteiger partial charge in [-0.3, -0.25) is 0 Å². The van der Waals surface area contributed by atoms with Crippen LogP contribution in [-0.2, 0) is 0 Å². The number of aromatic hydroxyl groups is 2. The molecular formula is C14H14O2S. The smallest absolute Gasteiger partial charge is 0.127 e. The first-order valence-corrected chi connectivity index (χ1v) is 5.65. The number of fused-ring (bicyclic) bond motifs is 1. The third-order valence-electron chi connectivity index (χ3n) is 3.24. The zero-order chi connectivity index (χ0) is 12.9. The monoisotopic (exact) mass is 246 g/mol. The van der Waals surface area contributed by atoms with Gasteiger partial charge in [0.05, 0.1) is 0 Å². The average Bonchev–Trinajstić information content (AvgIpc) is 2.28. The minimum atomic E-state index is 0.140. The lowest BCUT2D eigenvalue weighted by Crippen LogP contribution is -2.12. The Morgan fingerprint density at radius 1 is 1.00 bits per heavy atom. The molecule has 0 aliphatic heterocycles. The van der Waals surface area contributed by atoms with Crippen LogP contribution < -0.4 is 10.4 Å². The summed E-state index contributed by atoms with van der Waals surface area (Å²) in [5, 5.41) is 22.7. The molecule has 0 fully saturated rings. The minimum absolute atomic E-state index is 0.140. The Bertz CT molecular complexity index is 733. The summed E-state index contributed by atoms with van der Waals surface area (Å²) in [6, 6.07) is 1.74. The average molecular weight is 246 g/mol. The number of phenolic OH excluding ortho intramolecular Hbond substituents is 2. The van der Waals surface area contributed by atoms with Crippen LogP contribution in [0.15, 0.2) is 11.0 Å². The summed E-state index contributed by atoms with van der Waals surface area (Å²) in [5.41, 5.74) is 1.31. The van der Waals surface area contributed by atoms with E-state index >= 15 is 0 Å². The van der Waals surface area contributed by atoms with Gasteiger partial charge < -0.3 is 10.2 Å². The van der Waals surface area contributed by atoms with E-state index in [2.05, 4.69) is 25.8 Å². The summed E-state index contributed by atoms with van der Waals surface area (Å²) in [6.07, 6.45) is 0. The van der Waals surface area contributed by atoms with Crippen molar-refractivity contribution in [1.29, 1.82) is 0 Å². The quantitative estimate of drug-likeness (QED) is 0.491. The lowest BCUT2D eigenvalue weighted by atomic mass is 9.97. The first-order valence-electron chi connectivity index (χ1n) is 5.21. The third-order valence-corrected chi connectivity index (χ3v) is 3.64. The summed E-state index contributed by atoms with van der Waals surface area (Å²) < 4.78 is 0. The van der Waals surface area contributed by atoms with Gasteiger partial charge in [-0.15, -0.1) is 12.6 Å². The van der Waals surface area contributed by atoms with Gasteiger partial charge >= 0.3 is 0 Å². The molecule has 0 saturated carbocycles. The van der Waals surface area contributed by atoms with Gasteiger partial charge in [-0.25, -0.2) is 0 Å². The molecule has 2 N–H and O–H groups in total. The van der Waals surface area contributed by atoms with Crippen LogP contribution in [0.2, 0.25) is 0 Å². The number of rotatable bonds is 0. The fourth-order valence-corrected chi connectivity index (χ4v) is 2.29. The Morgan fingerprint density at radius 2 is 1.47 bits per heavy atom. The zero-order valence-electron chi connectivity index (χ0n) is 9.83. The van der Waals surface area contributed by atoms with Crippen molar-refractivity contribution in [1.82, 2.24) is 0 Å². The second kappa shape index (κ2) is 3.70. The number of phenols is 2. The second-order valence-corrected chi connectivity index (χ2v) is 4.71. The van der Waals surface area contributed by atoms with Crippen LogP contribution in [0.4, 0.5) is 0 Å². The van der Waals surface area contributed by atoms with Crippen LogP contribution in [0.5, 0.6) is 11.5 Å². The first-order chi connectivity index (χ1) is 7.86. The normalized spacial score (nSPS) is 11.0. The van der Waals surface area contributed by atoms with Crippen LogP contribution in [0.1, 0.15) is 11.1 Å². The van der Waals surface area contributed by atoms with Crippen LogP contribution in [0, 0.1) is 13.8 Å². The van der Waals surface area contributed by atoms with Gasteiger partial charge in [0.1, 0.15) is 11.5 Å². The van der Waals surface area contributed by atoms with Gasteiger partial charge in [0.15, 0.2) is 0 Å². The minimum Gasteiger partial charge on any atom is -0.507 e. The molecule has 0 aliphatic rings. The van der Waals surface area contributed by atoms with Crippen molar-refractivity contribution in [3.8, 4) is 11.5 Å². The SMILES string of the molecule is C=c1cc(S)c(=C)c2c(O)c(C)c(C)c(O)c12. The lowest BCUT2D eigenvalue weighted by Gasteiger charge is -2.13. The molecule has 2 rings (SSSR count). The van der Waals surface area contributed by atoms with Crippen molar-refractivity contribution in [3.05, 3.63) is 27.6 Å². The highest BCUT2D eigenvalue weighted by Gasteiger charge is 2.15. The van der Waals surface area contributed by atoms with Crippen LogP contribution in [0.25, 0.3) is 23.9 Å². The van der Waals surface area contributed by atoms with E-state index in [9.17, 15) is 10.2 Å². The van der Waals surface area contributed by atoms with Crippen molar-refractivity contribution < 1.29 is 10.2 Å². The topological polar surface area (TPSA) is 40.5 Å².